The van der Waals surface area contributed by atoms with Gasteiger partial charge in [0.15, 0.2) is 5.11 Å². The van der Waals surface area contributed by atoms with E-state index >= 15 is 0 Å². The van der Waals surface area contributed by atoms with Gasteiger partial charge in [-0.1, -0.05) is 17.7 Å². The molecular weight excluding hydrogens is 228 g/mol. The summed E-state index contributed by atoms with van der Waals surface area (Å²) in [6, 6.07) is 5.62. The van der Waals surface area contributed by atoms with Crippen molar-refractivity contribution in [2.24, 2.45) is 0 Å². The summed E-state index contributed by atoms with van der Waals surface area (Å²) in [5, 5.41) is 7.39. The molecule has 0 aliphatic heterocycles. The molecule has 80 valence electrons. The van der Waals surface area contributed by atoms with E-state index in [-0.39, 0.29) is 0 Å². The molecule has 0 saturated carbocycles. The maximum atomic E-state index is 5.85. The highest BCUT2D eigenvalue weighted by Crippen LogP contribution is 2.19. The third-order valence-electron chi connectivity index (χ3n) is 1.84. The molecule has 0 radical (unpaired) electrons. The van der Waals surface area contributed by atoms with Crippen LogP contribution in [0.1, 0.15) is 5.56 Å². The van der Waals surface area contributed by atoms with Crippen molar-refractivity contribution >= 4 is 34.6 Å². The number of thiocarbonyl (C=S) groups is 1. The molecule has 1 rings (SSSR count). The summed E-state index contributed by atoms with van der Waals surface area (Å²) in [4.78, 5) is 0. The summed E-state index contributed by atoms with van der Waals surface area (Å²) in [6.07, 6.45) is 1.75. The standard InChI is InChI=1S/C11H13ClN2S/c1-3-6-13-11(15)14-10-5-4-9(12)7-8(10)2/h3-5,7H,1,6H2,2H3,(H2,13,14,15). The molecular formula is C11H13ClN2S. The average Bonchev–Trinajstić information content (AvgIpc) is 2.19. The van der Waals surface area contributed by atoms with Crippen molar-refractivity contribution in [2.75, 3.05) is 11.9 Å². The summed E-state index contributed by atoms with van der Waals surface area (Å²) in [5.41, 5.74) is 2.02. The van der Waals surface area contributed by atoms with Crippen molar-refractivity contribution in [1.82, 2.24) is 5.32 Å². The summed E-state index contributed by atoms with van der Waals surface area (Å²) < 4.78 is 0. The first-order valence-corrected chi connectivity index (χ1v) is 5.34. The van der Waals surface area contributed by atoms with Crippen LogP contribution in [0.25, 0.3) is 0 Å². The SMILES string of the molecule is C=CCNC(=S)Nc1ccc(Cl)cc1C. The van der Waals surface area contributed by atoms with E-state index in [0.29, 0.717) is 11.7 Å². The predicted molar refractivity (Wildman–Crippen MR) is 70.6 cm³/mol. The molecule has 0 spiro atoms. The lowest BCUT2D eigenvalue weighted by Gasteiger charge is -2.11. The highest BCUT2D eigenvalue weighted by Gasteiger charge is 2.00. The summed E-state index contributed by atoms with van der Waals surface area (Å²) in [6.45, 7) is 6.23. The Bertz CT molecular complexity index is 377. The van der Waals surface area contributed by atoms with Gasteiger partial charge in [0, 0.05) is 17.3 Å². The minimum absolute atomic E-state index is 0.584. The molecule has 0 heterocycles. The molecule has 0 atom stereocenters. The predicted octanol–water partition coefficient (Wildman–Crippen LogP) is 3.12. The summed E-state index contributed by atoms with van der Waals surface area (Å²) >= 11 is 10.9. The fraction of sp³-hybridized carbons (Fsp3) is 0.182. The van der Waals surface area contributed by atoms with Gasteiger partial charge in [0.05, 0.1) is 0 Å². The van der Waals surface area contributed by atoms with Crippen LogP contribution in [-0.4, -0.2) is 11.7 Å². The molecule has 0 aromatic heterocycles. The van der Waals surface area contributed by atoms with Crippen molar-refractivity contribution in [3.63, 3.8) is 0 Å². The van der Waals surface area contributed by atoms with Gasteiger partial charge in [-0.15, -0.1) is 6.58 Å². The largest absolute Gasteiger partial charge is 0.359 e. The van der Waals surface area contributed by atoms with Gasteiger partial charge < -0.3 is 10.6 Å². The lowest BCUT2D eigenvalue weighted by Crippen LogP contribution is -2.28. The normalized spacial score (nSPS) is 9.47. The first-order valence-electron chi connectivity index (χ1n) is 4.55. The zero-order valence-electron chi connectivity index (χ0n) is 8.51. The van der Waals surface area contributed by atoms with Crippen LogP contribution in [0.4, 0.5) is 5.69 Å². The summed E-state index contributed by atoms with van der Waals surface area (Å²) in [7, 11) is 0. The van der Waals surface area contributed by atoms with E-state index in [4.69, 9.17) is 23.8 Å². The number of hydrogen-bond donors (Lipinski definition) is 2. The van der Waals surface area contributed by atoms with Crippen LogP contribution < -0.4 is 10.6 Å². The minimum Gasteiger partial charge on any atom is -0.359 e. The first-order chi connectivity index (χ1) is 7.13. The third kappa shape index (κ3) is 3.90. The molecule has 0 bridgehead atoms. The van der Waals surface area contributed by atoms with Gasteiger partial charge in [-0.05, 0) is 42.9 Å². The zero-order valence-corrected chi connectivity index (χ0v) is 10.1. The number of aryl methyl sites for hydroxylation is 1. The van der Waals surface area contributed by atoms with Crippen molar-refractivity contribution in [1.29, 1.82) is 0 Å². The Morgan fingerprint density at radius 1 is 1.60 bits per heavy atom. The van der Waals surface area contributed by atoms with Crippen LogP contribution >= 0.6 is 23.8 Å². The Morgan fingerprint density at radius 3 is 2.93 bits per heavy atom. The number of rotatable bonds is 3. The number of anilines is 1. The van der Waals surface area contributed by atoms with Crippen LogP contribution in [0.15, 0.2) is 30.9 Å². The lowest BCUT2D eigenvalue weighted by molar-refractivity contribution is 1.06. The highest BCUT2D eigenvalue weighted by molar-refractivity contribution is 7.80. The average molecular weight is 241 g/mol. The number of benzene rings is 1. The van der Waals surface area contributed by atoms with Gasteiger partial charge in [-0.25, -0.2) is 0 Å². The van der Waals surface area contributed by atoms with Crippen LogP contribution in [0.3, 0.4) is 0 Å². The second kappa shape index (κ2) is 5.73. The van der Waals surface area contributed by atoms with E-state index in [9.17, 15) is 0 Å². The summed E-state index contributed by atoms with van der Waals surface area (Å²) in [5.74, 6) is 0. The zero-order chi connectivity index (χ0) is 11.3. The molecule has 0 fully saturated rings. The van der Waals surface area contributed by atoms with Crippen molar-refractivity contribution in [2.45, 2.75) is 6.92 Å². The molecule has 1 aromatic rings. The van der Waals surface area contributed by atoms with Gasteiger partial charge in [0.1, 0.15) is 0 Å². The van der Waals surface area contributed by atoms with E-state index in [2.05, 4.69) is 17.2 Å². The third-order valence-corrected chi connectivity index (χ3v) is 2.33. The van der Waals surface area contributed by atoms with Gasteiger partial charge in [0.25, 0.3) is 0 Å². The minimum atomic E-state index is 0.584. The number of nitrogens with one attached hydrogen (secondary N) is 2. The molecule has 2 N–H and O–H groups in total. The quantitative estimate of drug-likeness (QED) is 0.627. The maximum absolute atomic E-state index is 5.85. The van der Waals surface area contributed by atoms with Gasteiger partial charge >= 0.3 is 0 Å². The molecule has 15 heavy (non-hydrogen) atoms. The number of hydrogen-bond acceptors (Lipinski definition) is 1. The molecule has 4 heteroatoms. The molecule has 0 unspecified atom stereocenters. The second-order valence-electron chi connectivity index (χ2n) is 3.08. The Hall–Kier alpha value is -1.06. The van der Waals surface area contributed by atoms with Crippen LogP contribution in [0.5, 0.6) is 0 Å². The lowest BCUT2D eigenvalue weighted by atomic mass is 10.2. The smallest absolute Gasteiger partial charge is 0.171 e. The van der Waals surface area contributed by atoms with Crippen molar-refractivity contribution in [3.8, 4) is 0 Å². The second-order valence-corrected chi connectivity index (χ2v) is 3.93. The van der Waals surface area contributed by atoms with E-state index in [1.807, 2.05) is 25.1 Å². The molecule has 0 aliphatic carbocycles. The fourth-order valence-corrected chi connectivity index (χ4v) is 1.52. The Morgan fingerprint density at radius 2 is 2.33 bits per heavy atom. The van der Waals surface area contributed by atoms with E-state index in [1.54, 1.807) is 6.08 Å². The maximum Gasteiger partial charge on any atom is 0.171 e. The van der Waals surface area contributed by atoms with Gasteiger partial charge in [-0.2, -0.15) is 0 Å². The Labute approximate surface area is 100 Å². The van der Waals surface area contributed by atoms with E-state index in [0.717, 1.165) is 16.3 Å². The topological polar surface area (TPSA) is 24.1 Å². The van der Waals surface area contributed by atoms with E-state index < -0.39 is 0 Å². The molecule has 2 nitrogen and oxygen atoms in total. The van der Waals surface area contributed by atoms with Gasteiger partial charge in [0.2, 0.25) is 0 Å². The monoisotopic (exact) mass is 240 g/mol. The molecule has 0 saturated heterocycles. The Balaban J connectivity index is 2.64. The molecule has 0 amide bonds. The fourth-order valence-electron chi connectivity index (χ4n) is 1.10. The Kier molecular flexibility index (Phi) is 4.59. The van der Waals surface area contributed by atoms with Crippen molar-refractivity contribution < 1.29 is 0 Å². The molecule has 0 aliphatic rings. The number of halogens is 1. The molecule has 1 aromatic carbocycles. The van der Waals surface area contributed by atoms with Crippen LogP contribution in [0.2, 0.25) is 5.02 Å². The van der Waals surface area contributed by atoms with Gasteiger partial charge in [-0.3, -0.25) is 0 Å². The highest BCUT2D eigenvalue weighted by atomic mass is 35.5. The van der Waals surface area contributed by atoms with Crippen molar-refractivity contribution in [3.05, 3.63) is 41.4 Å². The first kappa shape index (κ1) is 12.0. The van der Waals surface area contributed by atoms with E-state index in [1.165, 1.54) is 0 Å². The van der Waals surface area contributed by atoms with Crippen LogP contribution in [-0.2, 0) is 0 Å². The van der Waals surface area contributed by atoms with Crippen LogP contribution in [0, 0.1) is 6.92 Å².